The zero-order chi connectivity index (χ0) is 32.3. The van der Waals surface area contributed by atoms with Crippen molar-refractivity contribution in [1.82, 2.24) is 0 Å². The third-order valence-corrected chi connectivity index (χ3v) is 11.2. The van der Waals surface area contributed by atoms with Crippen LogP contribution in [0.3, 0.4) is 0 Å². The van der Waals surface area contributed by atoms with Crippen LogP contribution in [0.1, 0.15) is 53.5 Å². The van der Waals surface area contributed by atoms with Gasteiger partial charge in [-0.2, -0.15) is 18.2 Å². The van der Waals surface area contributed by atoms with Gasteiger partial charge in [0.2, 0.25) is 0 Å². The van der Waals surface area contributed by atoms with Gasteiger partial charge in [0.1, 0.15) is 9.52 Å². The van der Waals surface area contributed by atoms with Crippen LogP contribution in [0, 0.1) is 6.07 Å². The molecule has 2 radical (unpaired) electrons. The van der Waals surface area contributed by atoms with Gasteiger partial charge in [0, 0.05) is 5.92 Å². The van der Waals surface area contributed by atoms with Crippen LogP contribution in [-0.4, -0.2) is 9.52 Å². The Balaban J connectivity index is 0.000000269. The minimum Gasteiger partial charge on any atom is -1.00 e. The first kappa shape index (κ1) is 38.5. The second-order valence-corrected chi connectivity index (χ2v) is 14.4. The van der Waals surface area contributed by atoms with Crippen LogP contribution in [0.2, 0.25) is 0 Å². The topological polar surface area (TPSA) is 0 Å². The van der Waals surface area contributed by atoms with Crippen LogP contribution >= 0.6 is 0 Å². The van der Waals surface area contributed by atoms with Crippen LogP contribution < -0.4 is 35.2 Å². The Morgan fingerprint density at radius 1 is 0.608 bits per heavy atom. The maximum Gasteiger partial charge on any atom is 3.00 e. The Morgan fingerprint density at radius 3 is 1.96 bits per heavy atom. The first-order valence-electron chi connectivity index (χ1n) is 17.2. The van der Waals surface area contributed by atoms with E-state index in [0.29, 0.717) is 0 Å². The van der Waals surface area contributed by atoms with E-state index < -0.39 is 0 Å². The van der Waals surface area contributed by atoms with E-state index >= 15 is 0 Å². The van der Waals surface area contributed by atoms with Crippen molar-refractivity contribution in [3.05, 3.63) is 197 Å². The zero-order valence-electron chi connectivity index (χ0n) is 28.6. The summed E-state index contributed by atoms with van der Waals surface area (Å²) in [5, 5.41) is 5.52. The third kappa shape index (κ3) is 7.86. The second-order valence-electron chi connectivity index (χ2n) is 12.8. The molecule has 2 aliphatic carbocycles. The van der Waals surface area contributed by atoms with Gasteiger partial charge in [-0.3, -0.25) is 0 Å². The first-order chi connectivity index (χ1) is 23.8. The van der Waals surface area contributed by atoms with Gasteiger partial charge in [0.15, 0.2) is 0 Å². The Bertz CT molecular complexity index is 2220. The smallest absolute Gasteiger partial charge is 1.00 e. The molecule has 248 valence electrons. The molecule has 4 heteroatoms. The number of halogens is 2. The summed E-state index contributed by atoms with van der Waals surface area (Å²) in [4.78, 5) is 0. The van der Waals surface area contributed by atoms with Crippen molar-refractivity contribution >= 4 is 36.7 Å². The van der Waals surface area contributed by atoms with Gasteiger partial charge < -0.3 is 24.8 Å². The fourth-order valence-corrected chi connectivity index (χ4v) is 8.89. The van der Waals surface area contributed by atoms with E-state index in [4.69, 9.17) is 0 Å². The van der Waals surface area contributed by atoms with E-state index in [2.05, 4.69) is 177 Å². The second kappa shape index (κ2) is 17.6. The average molecular weight is 793 g/mol. The third-order valence-electron chi connectivity index (χ3n) is 9.80. The molecule has 0 aromatic heterocycles. The molecule has 0 fully saturated rings. The molecule has 9 rings (SSSR count). The maximum atomic E-state index is 3.72. The Hall–Kier alpha value is -3.78. The SMILES string of the molecule is CCCC1=Cc2c(-c3cccc4ccccc34)cccc2C1c1[c-]ccc2c1Cc1ccccc1-2.[Cl-].[Cl-].[Zr+3].c1ccc([SiH]c2ccccc2)cc1. The van der Waals surface area contributed by atoms with Gasteiger partial charge >= 0.3 is 26.2 Å². The molecular weight excluding hydrogens is 755 g/mol. The molecule has 0 amide bonds. The molecule has 2 aliphatic rings. The van der Waals surface area contributed by atoms with Crippen LogP contribution in [-0.2, 0) is 32.6 Å². The van der Waals surface area contributed by atoms with Crippen LogP contribution in [0.4, 0.5) is 0 Å². The summed E-state index contributed by atoms with van der Waals surface area (Å²) in [6, 6.07) is 60.7. The van der Waals surface area contributed by atoms with Gasteiger partial charge in [0.05, 0.1) is 0 Å². The predicted molar refractivity (Wildman–Crippen MR) is 207 cm³/mol. The van der Waals surface area contributed by atoms with Crippen LogP contribution in [0.5, 0.6) is 0 Å². The number of hydrogen-bond donors (Lipinski definition) is 0. The molecule has 51 heavy (non-hydrogen) atoms. The van der Waals surface area contributed by atoms with Gasteiger partial charge in [-0.25, -0.2) is 0 Å². The van der Waals surface area contributed by atoms with E-state index in [9.17, 15) is 0 Å². The quantitative estimate of drug-likeness (QED) is 0.175. The average Bonchev–Trinajstić information content (AvgIpc) is 3.71. The standard InChI is InChI=1S/C35H27.C12H11Si.2ClH.Zr/c1-2-10-25-22-34-30(28-16-7-13-23-11-3-5-14-26(23)28)18-9-20-32(34)35(25)31-19-8-17-29-27-15-6-4-12-24(27)21-33(29)31;1-3-7-11(8-4-1)13-12-9-5-2-6-10-12;;;/h3-9,11-18,20,22,35H,2,10,21H2,1H3;1-10,13H;2*1H;/q-1;;;;+3/p-2. The van der Waals surface area contributed by atoms with Crippen molar-refractivity contribution < 1.29 is 51.0 Å². The molecule has 1 unspecified atom stereocenters. The van der Waals surface area contributed by atoms with E-state index in [1.165, 1.54) is 76.8 Å². The number of allylic oxidation sites excluding steroid dienone is 1. The van der Waals surface area contributed by atoms with E-state index in [1.54, 1.807) is 0 Å². The largest absolute Gasteiger partial charge is 3.00 e. The first-order valence-corrected chi connectivity index (χ1v) is 18.3. The summed E-state index contributed by atoms with van der Waals surface area (Å²) < 4.78 is 0. The van der Waals surface area contributed by atoms with Crippen molar-refractivity contribution in [3.63, 3.8) is 0 Å². The normalized spacial score (nSPS) is 13.2. The summed E-state index contributed by atoms with van der Waals surface area (Å²) in [5.74, 6) is 0.282. The van der Waals surface area contributed by atoms with Crippen molar-refractivity contribution in [2.45, 2.75) is 32.1 Å². The summed E-state index contributed by atoms with van der Waals surface area (Å²) in [7, 11) is 0.271. The van der Waals surface area contributed by atoms with Gasteiger partial charge in [-0.05, 0) is 57.0 Å². The molecule has 7 aromatic carbocycles. The molecule has 0 aliphatic heterocycles. The number of benzene rings is 7. The number of rotatable bonds is 6. The van der Waals surface area contributed by atoms with Gasteiger partial charge in [0.25, 0.3) is 0 Å². The Labute approximate surface area is 336 Å². The molecular formula is C47H38Cl2SiZr. The summed E-state index contributed by atoms with van der Waals surface area (Å²) in [5.41, 5.74) is 14.1. The number of hydrogen-bond acceptors (Lipinski definition) is 0. The maximum absolute atomic E-state index is 3.72. The molecule has 0 saturated carbocycles. The molecule has 0 heterocycles. The summed E-state index contributed by atoms with van der Waals surface area (Å²) in [6.45, 7) is 2.29. The fourth-order valence-electron chi connectivity index (χ4n) is 7.67. The van der Waals surface area contributed by atoms with E-state index in [1.807, 2.05) is 0 Å². The summed E-state index contributed by atoms with van der Waals surface area (Å²) >= 11 is 0. The minimum atomic E-state index is 0. The van der Waals surface area contributed by atoms with Crippen LogP contribution in [0.25, 0.3) is 39.1 Å². The van der Waals surface area contributed by atoms with E-state index in [0.717, 1.165) is 19.3 Å². The predicted octanol–water partition coefficient (Wildman–Crippen LogP) is 4.29. The zero-order valence-corrected chi connectivity index (χ0v) is 33.7. The van der Waals surface area contributed by atoms with Crippen molar-refractivity contribution in [3.8, 4) is 22.3 Å². The Morgan fingerprint density at radius 2 is 1.22 bits per heavy atom. The summed E-state index contributed by atoms with van der Waals surface area (Å²) in [6.07, 6.45) is 5.76. The fraction of sp³-hybridized carbons (Fsp3) is 0.106. The molecule has 0 spiro atoms. The molecule has 0 saturated heterocycles. The molecule has 0 nitrogen and oxygen atoms in total. The van der Waals surface area contributed by atoms with Crippen molar-refractivity contribution in [2.24, 2.45) is 0 Å². The monoisotopic (exact) mass is 790 g/mol. The van der Waals surface area contributed by atoms with Gasteiger partial charge in [-0.1, -0.05) is 181 Å². The van der Waals surface area contributed by atoms with Crippen LogP contribution in [0.15, 0.2) is 163 Å². The number of fused-ring (bicyclic) bond motifs is 5. The molecule has 0 bridgehead atoms. The van der Waals surface area contributed by atoms with Crippen molar-refractivity contribution in [2.75, 3.05) is 0 Å². The Kier molecular flexibility index (Phi) is 13.3. The molecule has 7 aromatic rings. The molecule has 1 atom stereocenters. The minimum absolute atomic E-state index is 0. The van der Waals surface area contributed by atoms with E-state index in [-0.39, 0.29) is 66.5 Å². The van der Waals surface area contributed by atoms with Gasteiger partial charge in [-0.15, -0.1) is 16.7 Å². The van der Waals surface area contributed by atoms with Crippen molar-refractivity contribution in [1.29, 1.82) is 0 Å². The molecule has 0 N–H and O–H groups in total.